The Kier molecular flexibility index (Phi) is 26.2. The molecule has 11 amide bonds. The van der Waals surface area contributed by atoms with Crippen LogP contribution in [0.25, 0.3) is 0 Å². The number of nitrogens with zero attached hydrogens (tertiary/aromatic N) is 1. The molecule has 1 saturated carbocycles. The number of carboxylic acid groups (broad SMARTS) is 1. The van der Waals surface area contributed by atoms with E-state index in [4.69, 9.17) is 16.2 Å². The van der Waals surface area contributed by atoms with Crippen molar-refractivity contribution in [2.24, 2.45) is 35.1 Å². The zero-order chi connectivity index (χ0) is 65.8. The Morgan fingerprint density at radius 2 is 1.09 bits per heavy atom. The minimum Gasteiger partial charge on any atom is -0.480 e. The third-order valence-electron chi connectivity index (χ3n) is 15.2. The second kappa shape index (κ2) is 33.2. The van der Waals surface area contributed by atoms with Gasteiger partial charge in [-0.2, -0.15) is 0 Å². The normalized spacial score (nSPS) is 18.9. The molecule has 28 nitrogen and oxygen atoms in total. The second-order valence-electron chi connectivity index (χ2n) is 22.9. The summed E-state index contributed by atoms with van der Waals surface area (Å²) in [6, 6.07) is 12.6. The molecule has 1 heterocycles. The lowest BCUT2D eigenvalue weighted by Gasteiger charge is -2.32. The summed E-state index contributed by atoms with van der Waals surface area (Å²) in [5, 5.41) is 42.9. The maximum absolute atomic E-state index is 14.0. The number of hydrogen-bond donors (Lipinski definition) is 13. The van der Waals surface area contributed by atoms with Gasteiger partial charge in [0.1, 0.15) is 48.3 Å². The van der Waals surface area contributed by atoms with Gasteiger partial charge in [-0.05, 0) is 61.6 Å². The largest absolute Gasteiger partial charge is 0.480 e. The molecule has 3 aromatic carbocycles. The lowest BCUT2D eigenvalue weighted by molar-refractivity contribution is -0.144. The van der Waals surface area contributed by atoms with Crippen LogP contribution in [0, 0.1) is 23.7 Å². The van der Waals surface area contributed by atoms with Gasteiger partial charge in [-0.15, -0.1) is 0 Å². The lowest BCUT2D eigenvalue weighted by atomic mass is 10.00. The standard InChI is InChI=1S/C61H82N12O16/c1-31(2)47(70-54(80)40(29-43(63)75)67-58(84)49(34(6)74)72-55(81)42-24-17-25-73(42)59(85)48(32(3)4)71-52(78)38(62)26-35-18-11-8-12-19-35)57(83)64-30-44(76)69-50-45(46(50)61(88)89-7)56(82)66-39(27-36-20-13-9-14-21-36)53(79)65-33(5)51(77)68-41(60(86)87)28-37-22-15-10-16-23-37/h8-16,18-23,31-34,38-42,45-50,74H,17,24-30,62H2,1-7H3,(H2,63,75)(H,64,83)(H,65,79)(H,66,82)(H,67,84)(H,68,77)(H,69,76)(H,70,80)(H,71,78)(H,72,81)(H,86,87)/t33-,34+,38-,39-,40-,41-,42-,45+,46+,47-,48-,49-,50+/m0/s1. The van der Waals surface area contributed by atoms with Crippen LogP contribution in [-0.2, 0) is 86.3 Å². The third-order valence-corrected chi connectivity index (χ3v) is 15.2. The molecular weight excluding hydrogens is 1160 g/mol. The van der Waals surface area contributed by atoms with Crippen LogP contribution in [0.4, 0.5) is 0 Å². The zero-order valence-corrected chi connectivity index (χ0v) is 50.7. The van der Waals surface area contributed by atoms with Gasteiger partial charge in [-0.25, -0.2) is 4.79 Å². The van der Waals surface area contributed by atoms with Gasteiger partial charge in [-0.3, -0.25) is 57.5 Å². The molecule has 1 saturated heterocycles. The first-order valence-corrected chi connectivity index (χ1v) is 29.3. The number of aliphatic hydroxyl groups excluding tert-OH is 1. The number of primary amides is 1. The molecule has 5 rings (SSSR count). The smallest absolute Gasteiger partial charge is 0.326 e. The molecule has 0 spiro atoms. The fourth-order valence-electron chi connectivity index (χ4n) is 10.1. The molecule has 13 atom stereocenters. The van der Waals surface area contributed by atoms with E-state index in [-0.39, 0.29) is 32.2 Å². The maximum Gasteiger partial charge on any atom is 0.326 e. The molecule has 0 unspecified atom stereocenters. The van der Waals surface area contributed by atoms with E-state index in [1.165, 1.54) is 32.6 Å². The number of nitrogens with one attached hydrogen (secondary N) is 9. The molecule has 2 aliphatic rings. The van der Waals surface area contributed by atoms with E-state index < -0.39 is 180 Å². The molecule has 1 aliphatic heterocycles. The van der Waals surface area contributed by atoms with Crippen LogP contribution in [0.15, 0.2) is 91.0 Å². The van der Waals surface area contributed by atoms with Crippen LogP contribution in [-0.4, -0.2) is 179 Å². The summed E-state index contributed by atoms with van der Waals surface area (Å²) in [7, 11) is 1.06. The summed E-state index contributed by atoms with van der Waals surface area (Å²) in [4.78, 5) is 176. The highest BCUT2D eigenvalue weighted by Gasteiger charge is 2.61. The minimum atomic E-state index is -1.79. The van der Waals surface area contributed by atoms with Crippen molar-refractivity contribution in [3.05, 3.63) is 108 Å². The van der Waals surface area contributed by atoms with Gasteiger partial charge in [0.2, 0.25) is 65.0 Å². The van der Waals surface area contributed by atoms with E-state index in [0.717, 1.165) is 12.7 Å². The second-order valence-corrected chi connectivity index (χ2v) is 22.9. The first-order valence-electron chi connectivity index (χ1n) is 29.3. The van der Waals surface area contributed by atoms with Crippen LogP contribution in [0.2, 0.25) is 0 Å². The van der Waals surface area contributed by atoms with Crippen molar-refractivity contribution in [1.82, 2.24) is 52.8 Å². The van der Waals surface area contributed by atoms with E-state index >= 15 is 0 Å². The Morgan fingerprint density at radius 3 is 1.61 bits per heavy atom. The SMILES string of the molecule is COC(=O)[C@H]1[C@H](NC(=O)CNC(=O)[C@@H](NC(=O)[C@H](CC(N)=O)NC(=O)[C@@H](NC(=O)[C@@H]2CCCN2C(=O)[C@@H](NC(=O)[C@@H](N)Cc2ccccc2)C(C)C)[C@@H](C)O)C(C)C)[C@@H]1C(=O)N[C@@H](Cc1ccccc1)C(=O)N[C@@H](C)C(=O)N[C@@H](Cc1ccccc1)C(=O)O. The third kappa shape index (κ3) is 20.7. The fourth-order valence-corrected chi connectivity index (χ4v) is 10.1. The number of aliphatic carboxylic acids is 1. The number of amides is 11. The summed E-state index contributed by atoms with van der Waals surface area (Å²) in [6.45, 7) is 8.30. The summed E-state index contributed by atoms with van der Waals surface area (Å²) in [5.74, 6) is -15.7. The summed E-state index contributed by atoms with van der Waals surface area (Å²) >= 11 is 0. The molecule has 2 fully saturated rings. The van der Waals surface area contributed by atoms with Crippen LogP contribution in [0.1, 0.15) is 77.5 Å². The predicted octanol–water partition coefficient (Wildman–Crippen LogP) is -2.88. The molecule has 0 bridgehead atoms. The molecule has 0 aromatic heterocycles. The van der Waals surface area contributed by atoms with Crippen molar-refractivity contribution in [3.8, 4) is 0 Å². The number of ether oxygens (including phenoxy) is 1. The summed E-state index contributed by atoms with van der Waals surface area (Å²) in [5.41, 5.74) is 13.7. The number of carbonyl (C=O) groups is 13. The molecule has 1 aliphatic carbocycles. The van der Waals surface area contributed by atoms with E-state index in [1.54, 1.807) is 86.6 Å². The maximum atomic E-state index is 14.0. The van der Waals surface area contributed by atoms with Crippen LogP contribution in [0.5, 0.6) is 0 Å². The van der Waals surface area contributed by atoms with Crippen molar-refractivity contribution >= 4 is 76.9 Å². The number of aliphatic hydroxyl groups is 1. The van der Waals surface area contributed by atoms with Gasteiger partial charge in [0.15, 0.2) is 0 Å². The minimum absolute atomic E-state index is 0.0469. The first kappa shape index (κ1) is 70.5. The topological polar surface area (TPSA) is 435 Å². The highest BCUT2D eigenvalue weighted by Crippen LogP contribution is 2.40. The number of benzene rings is 3. The van der Waals surface area contributed by atoms with E-state index in [1.807, 2.05) is 18.2 Å². The Hall–Kier alpha value is -9.31. The predicted molar refractivity (Wildman–Crippen MR) is 319 cm³/mol. The Labute approximate surface area is 514 Å². The van der Waals surface area contributed by atoms with Gasteiger partial charge in [0.25, 0.3) is 0 Å². The number of nitrogens with two attached hydrogens (primary N) is 2. The molecular formula is C61H82N12O16. The van der Waals surface area contributed by atoms with E-state index in [2.05, 4.69) is 47.9 Å². The van der Waals surface area contributed by atoms with E-state index in [0.29, 0.717) is 17.5 Å². The number of methoxy groups -OCH3 is 1. The van der Waals surface area contributed by atoms with Gasteiger partial charge in [-0.1, -0.05) is 119 Å². The van der Waals surface area contributed by atoms with Gasteiger partial charge >= 0.3 is 11.9 Å². The molecule has 89 heavy (non-hydrogen) atoms. The molecule has 28 heteroatoms. The summed E-state index contributed by atoms with van der Waals surface area (Å²) < 4.78 is 4.90. The quantitative estimate of drug-likeness (QED) is 0.0279. The number of carbonyl (C=O) groups excluding carboxylic acids is 12. The number of likely N-dealkylation sites (tertiary alicyclic amines) is 1. The highest BCUT2D eigenvalue weighted by atomic mass is 16.5. The van der Waals surface area contributed by atoms with Crippen molar-refractivity contribution in [3.63, 3.8) is 0 Å². The van der Waals surface area contributed by atoms with E-state index in [9.17, 15) is 72.5 Å². The zero-order valence-electron chi connectivity index (χ0n) is 50.7. The average molecular weight is 1240 g/mol. The number of esters is 1. The molecule has 15 N–H and O–H groups in total. The Balaban J connectivity index is 1.19. The van der Waals surface area contributed by atoms with Gasteiger partial charge in [0, 0.05) is 19.4 Å². The average Bonchev–Trinajstić information content (AvgIpc) is 1.63. The van der Waals surface area contributed by atoms with Crippen LogP contribution >= 0.6 is 0 Å². The van der Waals surface area contributed by atoms with Crippen molar-refractivity contribution in [2.75, 3.05) is 20.2 Å². The molecule has 3 aromatic rings. The monoisotopic (exact) mass is 1240 g/mol. The fraction of sp³-hybridized carbons (Fsp3) is 0.492. The van der Waals surface area contributed by atoms with Gasteiger partial charge in [0.05, 0.1) is 50.1 Å². The number of hydrogen-bond acceptors (Lipinski definition) is 16. The Bertz CT molecular complexity index is 3030. The number of rotatable bonds is 32. The van der Waals surface area contributed by atoms with Crippen molar-refractivity contribution < 1.29 is 77.3 Å². The lowest BCUT2D eigenvalue weighted by Crippen LogP contribution is -2.62. The van der Waals surface area contributed by atoms with Crippen LogP contribution < -0.4 is 59.3 Å². The molecule has 482 valence electrons. The van der Waals surface area contributed by atoms with Crippen molar-refractivity contribution in [2.45, 2.75) is 147 Å². The number of carboxylic acids is 1. The van der Waals surface area contributed by atoms with Crippen molar-refractivity contribution in [1.29, 1.82) is 0 Å². The van der Waals surface area contributed by atoms with Crippen LogP contribution in [0.3, 0.4) is 0 Å². The first-order chi connectivity index (χ1) is 42.1. The summed E-state index contributed by atoms with van der Waals surface area (Å²) in [6.07, 6.45) is -1.88. The highest BCUT2D eigenvalue weighted by molar-refractivity contribution is 6.00. The molecule has 0 radical (unpaired) electrons. The Morgan fingerprint density at radius 1 is 0.573 bits per heavy atom. The van der Waals surface area contributed by atoms with Gasteiger partial charge < -0.3 is 79.2 Å².